The first-order valence-electron chi connectivity index (χ1n) is 4.04. The van der Waals surface area contributed by atoms with Crippen LogP contribution in [0.3, 0.4) is 0 Å². The van der Waals surface area contributed by atoms with Crippen molar-refractivity contribution in [3.05, 3.63) is 0 Å². The van der Waals surface area contributed by atoms with Crippen LogP contribution in [0.15, 0.2) is 0 Å². The molecule has 0 bridgehead atoms. The predicted octanol–water partition coefficient (Wildman–Crippen LogP) is 0.135. The molecule has 11 heavy (non-hydrogen) atoms. The van der Waals surface area contributed by atoms with Crippen molar-refractivity contribution in [1.82, 2.24) is 0 Å². The van der Waals surface area contributed by atoms with Crippen LogP contribution < -0.4 is 0 Å². The fourth-order valence-electron chi connectivity index (χ4n) is 0.863. The fraction of sp³-hybridized carbons (Fsp3) is 1.00. The normalized spacial score (nSPS) is 19.9. The van der Waals surface area contributed by atoms with E-state index >= 15 is 0 Å². The van der Waals surface area contributed by atoms with Gasteiger partial charge in [-0.05, 0) is 12.3 Å². The van der Waals surface area contributed by atoms with E-state index in [-0.39, 0.29) is 5.92 Å². The third-order valence-corrected chi connectivity index (χ3v) is 1.85. The Labute approximate surface area is 67.7 Å². The van der Waals surface area contributed by atoms with Crippen molar-refractivity contribution < 1.29 is 15.3 Å². The van der Waals surface area contributed by atoms with E-state index in [2.05, 4.69) is 0 Å². The lowest BCUT2D eigenvalue weighted by atomic mass is 9.97. The number of aliphatic hydroxyl groups is 3. The van der Waals surface area contributed by atoms with Gasteiger partial charge in [-0.25, -0.2) is 0 Å². The molecule has 3 N–H and O–H groups in total. The summed E-state index contributed by atoms with van der Waals surface area (Å²) >= 11 is 0. The van der Waals surface area contributed by atoms with Gasteiger partial charge in [0.05, 0.1) is 12.2 Å². The molecule has 0 aliphatic carbocycles. The molecule has 0 saturated carbocycles. The molecular formula is C8H18O3. The molecule has 0 aromatic heterocycles. The zero-order valence-corrected chi connectivity index (χ0v) is 7.36. The molecule has 0 aliphatic rings. The number of hydrogen-bond acceptors (Lipinski definition) is 3. The molecule has 0 aromatic rings. The van der Waals surface area contributed by atoms with Crippen molar-refractivity contribution in [2.24, 2.45) is 5.92 Å². The molecule has 0 unspecified atom stereocenters. The molecule has 0 radical (unpaired) electrons. The summed E-state index contributed by atoms with van der Waals surface area (Å²) in [5.41, 5.74) is 0. The molecule has 0 rings (SSSR count). The zero-order chi connectivity index (χ0) is 9.02. The van der Waals surface area contributed by atoms with E-state index in [0.717, 1.165) is 0 Å². The Morgan fingerprint density at radius 1 is 1.00 bits per heavy atom. The fourth-order valence-corrected chi connectivity index (χ4v) is 0.863. The second-order valence-electron chi connectivity index (χ2n) is 3.20. The Kier molecular flexibility index (Phi) is 4.65. The van der Waals surface area contributed by atoms with Crippen molar-refractivity contribution in [1.29, 1.82) is 0 Å². The molecule has 0 spiro atoms. The molecule has 3 nitrogen and oxygen atoms in total. The van der Waals surface area contributed by atoms with Gasteiger partial charge in [-0.2, -0.15) is 0 Å². The van der Waals surface area contributed by atoms with E-state index in [1.165, 1.54) is 0 Å². The number of rotatable bonds is 4. The maximum atomic E-state index is 9.29. The van der Waals surface area contributed by atoms with Crippen molar-refractivity contribution in [2.75, 3.05) is 0 Å². The molecule has 0 saturated heterocycles. The Morgan fingerprint density at radius 3 is 1.73 bits per heavy atom. The monoisotopic (exact) mass is 162 g/mol. The average Bonchev–Trinajstić information content (AvgIpc) is 2.00. The van der Waals surface area contributed by atoms with Gasteiger partial charge in [0.15, 0.2) is 0 Å². The van der Waals surface area contributed by atoms with E-state index in [9.17, 15) is 10.2 Å². The Hall–Kier alpha value is -0.120. The highest BCUT2D eigenvalue weighted by Gasteiger charge is 2.25. The van der Waals surface area contributed by atoms with Crippen LogP contribution in [-0.2, 0) is 0 Å². The van der Waals surface area contributed by atoms with Crippen LogP contribution in [0.5, 0.6) is 0 Å². The van der Waals surface area contributed by atoms with E-state index in [0.29, 0.717) is 6.42 Å². The van der Waals surface area contributed by atoms with Crippen LogP contribution >= 0.6 is 0 Å². The largest absolute Gasteiger partial charge is 0.390 e. The van der Waals surface area contributed by atoms with E-state index in [1.807, 2.05) is 0 Å². The zero-order valence-electron chi connectivity index (χ0n) is 7.36. The molecule has 0 aromatic carbocycles. The van der Waals surface area contributed by atoms with Crippen LogP contribution in [0.1, 0.15) is 27.2 Å². The van der Waals surface area contributed by atoms with Crippen LogP contribution in [0, 0.1) is 5.92 Å². The summed E-state index contributed by atoms with van der Waals surface area (Å²) in [6.45, 7) is 5.37. The van der Waals surface area contributed by atoms with Gasteiger partial charge in [0.1, 0.15) is 6.10 Å². The van der Waals surface area contributed by atoms with Gasteiger partial charge in [0.25, 0.3) is 0 Å². The van der Waals surface area contributed by atoms with Crippen LogP contribution in [0.4, 0.5) is 0 Å². The summed E-state index contributed by atoms with van der Waals surface area (Å²) in [5, 5.41) is 27.7. The highest BCUT2D eigenvalue weighted by Crippen LogP contribution is 2.10. The third kappa shape index (κ3) is 3.18. The molecule has 0 amide bonds. The molecule has 0 aliphatic heterocycles. The summed E-state index contributed by atoms with van der Waals surface area (Å²) in [6, 6.07) is 0. The predicted molar refractivity (Wildman–Crippen MR) is 43.1 cm³/mol. The maximum Gasteiger partial charge on any atom is 0.106 e. The van der Waals surface area contributed by atoms with Crippen molar-refractivity contribution in [2.45, 2.75) is 45.5 Å². The van der Waals surface area contributed by atoms with Crippen LogP contribution in [0.25, 0.3) is 0 Å². The molecule has 0 heterocycles. The number of hydrogen-bond donors (Lipinski definition) is 3. The van der Waals surface area contributed by atoms with Crippen LogP contribution in [-0.4, -0.2) is 33.6 Å². The van der Waals surface area contributed by atoms with E-state index in [1.54, 1.807) is 20.8 Å². The van der Waals surface area contributed by atoms with E-state index in [4.69, 9.17) is 5.11 Å². The highest BCUT2D eigenvalue weighted by atomic mass is 16.4. The summed E-state index contributed by atoms with van der Waals surface area (Å²) in [7, 11) is 0. The van der Waals surface area contributed by atoms with Crippen molar-refractivity contribution in [3.63, 3.8) is 0 Å². The second kappa shape index (κ2) is 4.70. The minimum Gasteiger partial charge on any atom is -0.390 e. The Balaban J connectivity index is 3.90. The average molecular weight is 162 g/mol. The van der Waals surface area contributed by atoms with Gasteiger partial charge in [-0.1, -0.05) is 20.8 Å². The quantitative estimate of drug-likeness (QED) is 0.551. The Morgan fingerprint density at radius 2 is 1.45 bits per heavy atom. The lowest BCUT2D eigenvalue weighted by Crippen LogP contribution is -2.39. The minimum atomic E-state index is -1.01. The van der Waals surface area contributed by atoms with Gasteiger partial charge in [0, 0.05) is 0 Å². The Bertz CT molecular complexity index is 104. The van der Waals surface area contributed by atoms with Gasteiger partial charge >= 0.3 is 0 Å². The van der Waals surface area contributed by atoms with Crippen molar-refractivity contribution >= 4 is 0 Å². The topological polar surface area (TPSA) is 60.7 Å². The van der Waals surface area contributed by atoms with Gasteiger partial charge in [0.2, 0.25) is 0 Å². The summed E-state index contributed by atoms with van der Waals surface area (Å²) in [5.74, 6) is -0.0220. The highest BCUT2D eigenvalue weighted by molar-refractivity contribution is 4.76. The summed E-state index contributed by atoms with van der Waals surface area (Å²) in [4.78, 5) is 0. The minimum absolute atomic E-state index is 0.0220. The second-order valence-corrected chi connectivity index (χ2v) is 3.20. The maximum absolute atomic E-state index is 9.29. The number of aliphatic hydroxyl groups excluding tert-OH is 3. The summed E-state index contributed by atoms with van der Waals surface area (Å²) in [6.07, 6.45) is -2.19. The first-order chi connectivity index (χ1) is 5.00. The third-order valence-electron chi connectivity index (χ3n) is 1.85. The smallest absolute Gasteiger partial charge is 0.106 e. The van der Waals surface area contributed by atoms with Crippen molar-refractivity contribution in [3.8, 4) is 0 Å². The molecule has 68 valence electrons. The molecular weight excluding hydrogens is 144 g/mol. The molecule has 3 atom stereocenters. The SMILES string of the molecule is CC[C@H](O)[C@H](O)[C@@H](O)C(C)C. The standard InChI is InChI=1S/C8H18O3/c1-4-6(9)8(11)7(10)5(2)3/h5-11H,4H2,1-3H3/t6-,7-,8-/m0/s1. The molecule has 3 heteroatoms. The first kappa shape index (κ1) is 10.9. The van der Waals surface area contributed by atoms with Gasteiger partial charge in [-0.15, -0.1) is 0 Å². The molecule has 0 fully saturated rings. The first-order valence-corrected chi connectivity index (χ1v) is 4.04. The van der Waals surface area contributed by atoms with Crippen LogP contribution in [0.2, 0.25) is 0 Å². The lowest BCUT2D eigenvalue weighted by molar-refractivity contribution is -0.0760. The van der Waals surface area contributed by atoms with Gasteiger partial charge < -0.3 is 15.3 Å². The van der Waals surface area contributed by atoms with E-state index < -0.39 is 18.3 Å². The summed E-state index contributed by atoms with van der Waals surface area (Å²) < 4.78 is 0. The van der Waals surface area contributed by atoms with Gasteiger partial charge in [-0.3, -0.25) is 0 Å². The lowest BCUT2D eigenvalue weighted by Gasteiger charge is -2.24.